The molecule has 2 N–H and O–H groups in total. The van der Waals surface area contributed by atoms with Crippen LogP contribution in [-0.2, 0) is 9.47 Å². The molecule has 0 saturated heterocycles. The summed E-state index contributed by atoms with van der Waals surface area (Å²) in [6, 6.07) is 4.49. The van der Waals surface area contributed by atoms with Crippen LogP contribution in [0.25, 0.3) is 0 Å². The zero-order valence-electron chi connectivity index (χ0n) is 11.5. The third-order valence-corrected chi connectivity index (χ3v) is 2.60. The lowest BCUT2D eigenvalue weighted by Gasteiger charge is -2.14. The Morgan fingerprint density at radius 3 is 2.68 bits per heavy atom. The molecular weight excluding hydrogens is 249 g/mol. The van der Waals surface area contributed by atoms with Gasteiger partial charge in [0.05, 0.1) is 6.61 Å². The van der Waals surface area contributed by atoms with Crippen molar-refractivity contribution >= 4 is 0 Å². The van der Waals surface area contributed by atoms with Gasteiger partial charge in [0.1, 0.15) is 6.61 Å². The Balaban J connectivity index is 2.36. The first-order valence-electron chi connectivity index (χ1n) is 6.40. The van der Waals surface area contributed by atoms with Crippen molar-refractivity contribution in [1.82, 2.24) is 0 Å². The standard InChI is InChI=1S/C14H22FNO3/c1-11(16)12-5-3-6-13(15)14(12)19-10-9-18-8-4-7-17-2/h3,5-6,11H,4,7-10,16H2,1-2H3/t11-/m1/s1. The smallest absolute Gasteiger partial charge is 0.165 e. The predicted molar refractivity (Wildman–Crippen MR) is 71.8 cm³/mol. The second-order valence-corrected chi connectivity index (χ2v) is 4.25. The van der Waals surface area contributed by atoms with Crippen LogP contribution in [0.15, 0.2) is 18.2 Å². The van der Waals surface area contributed by atoms with Crippen LogP contribution in [0.3, 0.4) is 0 Å². The number of nitrogens with two attached hydrogens (primary N) is 1. The summed E-state index contributed by atoms with van der Waals surface area (Å²) >= 11 is 0. The Labute approximate surface area is 113 Å². The van der Waals surface area contributed by atoms with Gasteiger partial charge in [-0.3, -0.25) is 0 Å². The number of ether oxygens (including phenoxy) is 3. The number of hydrogen-bond acceptors (Lipinski definition) is 4. The highest BCUT2D eigenvalue weighted by molar-refractivity contribution is 5.36. The molecule has 0 aliphatic rings. The minimum absolute atomic E-state index is 0.220. The van der Waals surface area contributed by atoms with Crippen molar-refractivity contribution in [2.75, 3.05) is 33.5 Å². The molecule has 0 fully saturated rings. The van der Waals surface area contributed by atoms with Gasteiger partial charge in [-0.2, -0.15) is 0 Å². The lowest BCUT2D eigenvalue weighted by atomic mass is 10.1. The molecule has 0 heterocycles. The topological polar surface area (TPSA) is 53.7 Å². The summed E-state index contributed by atoms with van der Waals surface area (Å²) in [7, 11) is 1.65. The van der Waals surface area contributed by atoms with Crippen LogP contribution < -0.4 is 10.5 Å². The first-order valence-corrected chi connectivity index (χ1v) is 6.40. The Morgan fingerprint density at radius 1 is 1.21 bits per heavy atom. The molecule has 1 aromatic carbocycles. The van der Waals surface area contributed by atoms with E-state index in [9.17, 15) is 4.39 Å². The van der Waals surface area contributed by atoms with Crippen LogP contribution >= 0.6 is 0 Å². The molecule has 0 aromatic heterocycles. The van der Waals surface area contributed by atoms with Crippen molar-refractivity contribution in [2.45, 2.75) is 19.4 Å². The lowest BCUT2D eigenvalue weighted by molar-refractivity contribution is 0.0794. The molecule has 1 atom stereocenters. The zero-order chi connectivity index (χ0) is 14.1. The highest BCUT2D eigenvalue weighted by Crippen LogP contribution is 2.26. The lowest BCUT2D eigenvalue weighted by Crippen LogP contribution is -2.13. The molecule has 5 heteroatoms. The molecule has 0 aliphatic carbocycles. The summed E-state index contributed by atoms with van der Waals surface area (Å²) in [6.07, 6.45) is 0.835. The quantitative estimate of drug-likeness (QED) is 0.700. The van der Waals surface area contributed by atoms with Crippen LogP contribution in [0.4, 0.5) is 4.39 Å². The van der Waals surface area contributed by atoms with E-state index in [1.807, 2.05) is 0 Å². The number of benzene rings is 1. The molecule has 1 aromatic rings. The van der Waals surface area contributed by atoms with Crippen molar-refractivity contribution < 1.29 is 18.6 Å². The highest BCUT2D eigenvalue weighted by atomic mass is 19.1. The molecule has 19 heavy (non-hydrogen) atoms. The van der Waals surface area contributed by atoms with E-state index in [-0.39, 0.29) is 11.8 Å². The van der Waals surface area contributed by atoms with Gasteiger partial charge < -0.3 is 19.9 Å². The summed E-state index contributed by atoms with van der Waals surface area (Å²) < 4.78 is 29.3. The van der Waals surface area contributed by atoms with Crippen LogP contribution in [-0.4, -0.2) is 33.5 Å². The van der Waals surface area contributed by atoms with E-state index < -0.39 is 5.82 Å². The van der Waals surface area contributed by atoms with Gasteiger partial charge in [0.15, 0.2) is 11.6 Å². The van der Waals surface area contributed by atoms with E-state index in [1.54, 1.807) is 26.2 Å². The SMILES string of the molecule is COCCCOCCOc1c(F)cccc1[C@@H](C)N. The third-order valence-electron chi connectivity index (χ3n) is 2.60. The van der Waals surface area contributed by atoms with E-state index in [1.165, 1.54) is 6.07 Å². The first kappa shape index (κ1) is 15.9. The fourth-order valence-corrected chi connectivity index (χ4v) is 1.65. The highest BCUT2D eigenvalue weighted by Gasteiger charge is 2.12. The molecule has 0 spiro atoms. The molecular formula is C14H22FNO3. The molecule has 1 rings (SSSR count). The number of methoxy groups -OCH3 is 1. The second kappa shape index (κ2) is 8.85. The van der Waals surface area contributed by atoms with E-state index in [0.29, 0.717) is 32.0 Å². The Hall–Kier alpha value is -1.17. The van der Waals surface area contributed by atoms with Crippen LogP contribution in [0.5, 0.6) is 5.75 Å². The second-order valence-electron chi connectivity index (χ2n) is 4.25. The molecule has 0 radical (unpaired) electrons. The van der Waals surface area contributed by atoms with Gasteiger partial charge >= 0.3 is 0 Å². The summed E-state index contributed by atoms with van der Waals surface area (Å²) in [5, 5.41) is 0. The van der Waals surface area contributed by atoms with Crippen molar-refractivity contribution in [3.8, 4) is 5.75 Å². The van der Waals surface area contributed by atoms with Crippen molar-refractivity contribution in [2.24, 2.45) is 5.73 Å². The fraction of sp³-hybridized carbons (Fsp3) is 0.571. The van der Waals surface area contributed by atoms with E-state index in [0.717, 1.165) is 6.42 Å². The first-order chi connectivity index (χ1) is 9.16. The summed E-state index contributed by atoms with van der Waals surface area (Å²) in [6.45, 7) is 3.78. The minimum Gasteiger partial charge on any atom is -0.488 e. The maximum Gasteiger partial charge on any atom is 0.165 e. The predicted octanol–water partition coefficient (Wildman–Crippen LogP) is 2.28. The minimum atomic E-state index is -0.394. The molecule has 0 unspecified atom stereocenters. The molecule has 0 aliphatic heterocycles. The molecule has 0 bridgehead atoms. The maximum atomic E-state index is 13.6. The van der Waals surface area contributed by atoms with Crippen LogP contribution in [0.1, 0.15) is 24.9 Å². The van der Waals surface area contributed by atoms with Gasteiger partial charge in [-0.15, -0.1) is 0 Å². The van der Waals surface area contributed by atoms with E-state index >= 15 is 0 Å². The normalized spacial score (nSPS) is 12.4. The number of rotatable bonds is 9. The Morgan fingerprint density at radius 2 is 2.00 bits per heavy atom. The summed E-state index contributed by atoms with van der Waals surface area (Å²) in [4.78, 5) is 0. The van der Waals surface area contributed by atoms with Gasteiger partial charge in [0.2, 0.25) is 0 Å². The molecule has 108 valence electrons. The van der Waals surface area contributed by atoms with Gasteiger partial charge in [0.25, 0.3) is 0 Å². The van der Waals surface area contributed by atoms with Gasteiger partial charge in [-0.25, -0.2) is 4.39 Å². The summed E-state index contributed by atoms with van der Waals surface area (Å²) in [5.74, 6) is -0.174. The van der Waals surface area contributed by atoms with Crippen LogP contribution in [0, 0.1) is 5.82 Å². The van der Waals surface area contributed by atoms with Gasteiger partial charge in [-0.05, 0) is 19.4 Å². The van der Waals surface area contributed by atoms with E-state index in [4.69, 9.17) is 19.9 Å². The largest absolute Gasteiger partial charge is 0.488 e. The Bertz CT molecular complexity index is 372. The van der Waals surface area contributed by atoms with Gasteiger partial charge in [-0.1, -0.05) is 12.1 Å². The maximum absolute atomic E-state index is 13.6. The monoisotopic (exact) mass is 271 g/mol. The number of para-hydroxylation sites is 1. The molecule has 0 amide bonds. The average Bonchev–Trinajstić information content (AvgIpc) is 2.39. The molecule has 0 saturated carbocycles. The van der Waals surface area contributed by atoms with Crippen molar-refractivity contribution in [3.63, 3.8) is 0 Å². The van der Waals surface area contributed by atoms with E-state index in [2.05, 4.69) is 0 Å². The number of halogens is 1. The average molecular weight is 271 g/mol. The fourth-order valence-electron chi connectivity index (χ4n) is 1.65. The zero-order valence-corrected chi connectivity index (χ0v) is 11.5. The van der Waals surface area contributed by atoms with Gasteiger partial charge in [0, 0.05) is 31.9 Å². The third kappa shape index (κ3) is 5.55. The van der Waals surface area contributed by atoms with Crippen molar-refractivity contribution in [3.05, 3.63) is 29.6 Å². The van der Waals surface area contributed by atoms with Crippen LogP contribution in [0.2, 0.25) is 0 Å². The van der Waals surface area contributed by atoms with Crippen molar-refractivity contribution in [1.29, 1.82) is 0 Å². The number of hydrogen-bond donors (Lipinski definition) is 1. The molecule has 4 nitrogen and oxygen atoms in total. The summed E-state index contributed by atoms with van der Waals surface area (Å²) in [5.41, 5.74) is 6.44. The Kier molecular flexibility index (Phi) is 7.40.